The van der Waals surface area contributed by atoms with Crippen molar-refractivity contribution < 1.29 is 9.47 Å². The normalized spacial score (nSPS) is 10.2. The minimum Gasteiger partial charge on any atom is -0.497 e. The number of methoxy groups -OCH3 is 2. The van der Waals surface area contributed by atoms with E-state index in [4.69, 9.17) is 15.3 Å². The first kappa shape index (κ1) is 10.5. The van der Waals surface area contributed by atoms with Crippen molar-refractivity contribution in [3.63, 3.8) is 0 Å². The number of ether oxygens (including phenoxy) is 2. The molecule has 0 fully saturated rings. The second-order valence-corrected chi connectivity index (χ2v) is 3.24. The minimum atomic E-state index is 0.600. The van der Waals surface area contributed by atoms with Gasteiger partial charge in [-0.3, -0.25) is 0 Å². The molecule has 0 saturated heterocycles. The first-order valence-electron chi connectivity index (χ1n) is 4.78. The van der Waals surface area contributed by atoms with Crippen LogP contribution in [0, 0.1) is 0 Å². The third-order valence-electron chi connectivity index (χ3n) is 2.35. The van der Waals surface area contributed by atoms with Crippen LogP contribution < -0.4 is 20.7 Å². The number of pyridine rings is 1. The van der Waals surface area contributed by atoms with E-state index in [1.807, 2.05) is 18.2 Å². The Morgan fingerprint density at radius 3 is 2.62 bits per heavy atom. The summed E-state index contributed by atoms with van der Waals surface area (Å²) in [6.45, 7) is 0. The Bertz CT molecular complexity index is 509. The van der Waals surface area contributed by atoms with Gasteiger partial charge in [-0.05, 0) is 12.1 Å². The quantitative estimate of drug-likeness (QED) is 0.605. The molecule has 0 spiro atoms. The summed E-state index contributed by atoms with van der Waals surface area (Å²) in [7, 11) is 3.22. The Labute approximate surface area is 93.1 Å². The van der Waals surface area contributed by atoms with Gasteiger partial charge < -0.3 is 14.9 Å². The molecule has 0 aliphatic rings. The van der Waals surface area contributed by atoms with E-state index in [0.29, 0.717) is 11.6 Å². The molecule has 0 radical (unpaired) electrons. The fourth-order valence-corrected chi connectivity index (χ4v) is 1.54. The molecule has 16 heavy (non-hydrogen) atoms. The number of rotatable bonds is 3. The van der Waals surface area contributed by atoms with Crippen molar-refractivity contribution in [3.8, 4) is 11.5 Å². The van der Waals surface area contributed by atoms with Gasteiger partial charge in [-0.15, -0.1) is 0 Å². The SMILES string of the molecule is COc1cc(OC)c2ccc(NN)nc2c1. The average Bonchev–Trinajstić information content (AvgIpc) is 2.36. The summed E-state index contributed by atoms with van der Waals surface area (Å²) in [5.41, 5.74) is 3.27. The Balaban J connectivity index is 2.68. The number of fused-ring (bicyclic) bond motifs is 1. The van der Waals surface area contributed by atoms with E-state index >= 15 is 0 Å². The number of hydrazine groups is 1. The van der Waals surface area contributed by atoms with Gasteiger partial charge in [-0.1, -0.05) is 0 Å². The molecule has 1 aromatic carbocycles. The Hall–Kier alpha value is -2.01. The zero-order valence-corrected chi connectivity index (χ0v) is 9.15. The van der Waals surface area contributed by atoms with Crippen LogP contribution in [0.2, 0.25) is 0 Å². The largest absolute Gasteiger partial charge is 0.497 e. The zero-order chi connectivity index (χ0) is 11.5. The summed E-state index contributed by atoms with van der Waals surface area (Å²) in [6.07, 6.45) is 0. The number of aromatic nitrogens is 1. The van der Waals surface area contributed by atoms with E-state index < -0.39 is 0 Å². The van der Waals surface area contributed by atoms with E-state index in [9.17, 15) is 0 Å². The van der Waals surface area contributed by atoms with Crippen LogP contribution in [-0.4, -0.2) is 19.2 Å². The van der Waals surface area contributed by atoms with Crippen LogP contribution in [0.3, 0.4) is 0 Å². The molecule has 5 nitrogen and oxygen atoms in total. The molecule has 1 heterocycles. The summed E-state index contributed by atoms with van der Waals surface area (Å²) in [4.78, 5) is 4.31. The van der Waals surface area contributed by atoms with Gasteiger partial charge in [0.1, 0.15) is 17.3 Å². The van der Waals surface area contributed by atoms with Crippen LogP contribution in [0.25, 0.3) is 10.9 Å². The summed E-state index contributed by atoms with van der Waals surface area (Å²) < 4.78 is 10.4. The fourth-order valence-electron chi connectivity index (χ4n) is 1.54. The molecule has 0 aliphatic carbocycles. The number of nitrogens with one attached hydrogen (secondary N) is 1. The third kappa shape index (κ3) is 1.72. The number of hydrogen-bond donors (Lipinski definition) is 2. The van der Waals surface area contributed by atoms with Crippen molar-refractivity contribution in [2.75, 3.05) is 19.6 Å². The van der Waals surface area contributed by atoms with Crippen molar-refractivity contribution in [2.45, 2.75) is 0 Å². The molecular weight excluding hydrogens is 206 g/mol. The Morgan fingerprint density at radius 2 is 2.00 bits per heavy atom. The summed E-state index contributed by atoms with van der Waals surface area (Å²) in [6, 6.07) is 7.34. The minimum absolute atomic E-state index is 0.600. The van der Waals surface area contributed by atoms with Gasteiger partial charge in [0.05, 0.1) is 19.7 Å². The molecule has 0 unspecified atom stereocenters. The van der Waals surface area contributed by atoms with E-state index in [-0.39, 0.29) is 0 Å². The van der Waals surface area contributed by atoms with Crippen molar-refractivity contribution in [1.29, 1.82) is 0 Å². The van der Waals surface area contributed by atoms with Gasteiger partial charge in [-0.2, -0.15) is 0 Å². The highest BCUT2D eigenvalue weighted by Crippen LogP contribution is 2.30. The lowest BCUT2D eigenvalue weighted by molar-refractivity contribution is 0.398. The smallest absolute Gasteiger partial charge is 0.140 e. The topological polar surface area (TPSA) is 69.4 Å². The number of nitrogens with two attached hydrogens (primary N) is 1. The standard InChI is InChI=1S/C11H13N3O2/c1-15-7-5-9-8(10(6-7)16-2)3-4-11(13-9)14-12/h3-6H,12H2,1-2H3,(H,13,14). The first-order valence-corrected chi connectivity index (χ1v) is 4.78. The lowest BCUT2D eigenvalue weighted by atomic mass is 10.2. The molecule has 0 bridgehead atoms. The van der Waals surface area contributed by atoms with Gasteiger partial charge in [-0.25, -0.2) is 10.8 Å². The van der Waals surface area contributed by atoms with Gasteiger partial charge >= 0.3 is 0 Å². The van der Waals surface area contributed by atoms with Crippen molar-refractivity contribution in [2.24, 2.45) is 5.84 Å². The van der Waals surface area contributed by atoms with E-state index in [1.54, 1.807) is 20.3 Å². The van der Waals surface area contributed by atoms with Crippen LogP contribution >= 0.6 is 0 Å². The van der Waals surface area contributed by atoms with Gasteiger partial charge in [0.15, 0.2) is 0 Å². The summed E-state index contributed by atoms with van der Waals surface area (Å²) in [5, 5.41) is 0.919. The first-order chi connectivity index (χ1) is 7.78. The number of nitrogen functional groups attached to an aromatic ring is 1. The molecule has 5 heteroatoms. The maximum absolute atomic E-state index is 5.31. The molecule has 0 saturated carbocycles. The lowest BCUT2D eigenvalue weighted by Gasteiger charge is -2.09. The number of anilines is 1. The van der Waals surface area contributed by atoms with Gasteiger partial charge in [0.2, 0.25) is 0 Å². The highest BCUT2D eigenvalue weighted by molar-refractivity contribution is 5.87. The second kappa shape index (κ2) is 4.24. The van der Waals surface area contributed by atoms with Crippen molar-refractivity contribution >= 4 is 16.7 Å². The zero-order valence-electron chi connectivity index (χ0n) is 9.15. The molecule has 3 N–H and O–H groups in total. The van der Waals surface area contributed by atoms with Crippen molar-refractivity contribution in [3.05, 3.63) is 24.3 Å². The molecule has 0 aliphatic heterocycles. The molecule has 84 valence electrons. The van der Waals surface area contributed by atoms with Crippen LogP contribution in [0.5, 0.6) is 11.5 Å². The molecule has 2 rings (SSSR count). The fraction of sp³-hybridized carbons (Fsp3) is 0.182. The van der Waals surface area contributed by atoms with E-state index in [1.165, 1.54) is 0 Å². The second-order valence-electron chi connectivity index (χ2n) is 3.24. The highest BCUT2D eigenvalue weighted by atomic mass is 16.5. The van der Waals surface area contributed by atoms with E-state index in [2.05, 4.69) is 10.4 Å². The lowest BCUT2D eigenvalue weighted by Crippen LogP contribution is -2.08. The average molecular weight is 219 g/mol. The summed E-state index contributed by atoms with van der Waals surface area (Å²) >= 11 is 0. The molecule has 0 amide bonds. The summed E-state index contributed by atoms with van der Waals surface area (Å²) in [5.74, 6) is 7.33. The van der Waals surface area contributed by atoms with Crippen LogP contribution in [0.4, 0.5) is 5.82 Å². The number of nitrogens with zero attached hydrogens (tertiary/aromatic N) is 1. The number of hydrogen-bond acceptors (Lipinski definition) is 5. The maximum Gasteiger partial charge on any atom is 0.140 e. The monoisotopic (exact) mass is 219 g/mol. The molecular formula is C11H13N3O2. The van der Waals surface area contributed by atoms with Crippen LogP contribution in [0.1, 0.15) is 0 Å². The Morgan fingerprint density at radius 1 is 1.19 bits per heavy atom. The highest BCUT2D eigenvalue weighted by Gasteiger charge is 2.06. The van der Waals surface area contributed by atoms with Crippen LogP contribution in [0.15, 0.2) is 24.3 Å². The predicted molar refractivity (Wildman–Crippen MR) is 62.7 cm³/mol. The van der Waals surface area contributed by atoms with Crippen LogP contribution in [-0.2, 0) is 0 Å². The Kier molecular flexibility index (Phi) is 2.78. The predicted octanol–water partition coefficient (Wildman–Crippen LogP) is 1.54. The number of benzene rings is 1. The van der Waals surface area contributed by atoms with Gasteiger partial charge in [0, 0.05) is 17.5 Å². The molecule has 0 atom stereocenters. The molecule has 1 aromatic heterocycles. The third-order valence-corrected chi connectivity index (χ3v) is 2.35. The van der Waals surface area contributed by atoms with E-state index in [0.717, 1.165) is 16.7 Å². The van der Waals surface area contributed by atoms with Gasteiger partial charge in [0.25, 0.3) is 0 Å². The van der Waals surface area contributed by atoms with Crippen molar-refractivity contribution in [1.82, 2.24) is 4.98 Å². The maximum atomic E-state index is 5.31. The molecule has 2 aromatic rings.